The van der Waals surface area contributed by atoms with E-state index in [0.29, 0.717) is 50.4 Å². The molecule has 0 aliphatic carbocycles. The Morgan fingerprint density at radius 3 is 2.81 bits per heavy atom. The zero-order valence-corrected chi connectivity index (χ0v) is 19.6. The number of anilines is 1. The van der Waals surface area contributed by atoms with Gasteiger partial charge in [0.25, 0.3) is 0 Å². The molecule has 2 aromatic carbocycles. The molecule has 32 heavy (non-hydrogen) atoms. The summed E-state index contributed by atoms with van der Waals surface area (Å²) < 4.78 is 14.1. The molecule has 0 bridgehead atoms. The van der Waals surface area contributed by atoms with Gasteiger partial charge in [0.1, 0.15) is 12.6 Å². The van der Waals surface area contributed by atoms with Crippen molar-refractivity contribution in [3.63, 3.8) is 0 Å². The fraction of sp³-hybridized carbons (Fsp3) is 0.238. The van der Waals surface area contributed by atoms with E-state index < -0.39 is 11.9 Å². The van der Waals surface area contributed by atoms with Gasteiger partial charge in [-0.3, -0.25) is 4.79 Å². The number of hydrogen-bond donors (Lipinski definition) is 2. The first-order valence-corrected chi connectivity index (χ1v) is 11.0. The summed E-state index contributed by atoms with van der Waals surface area (Å²) in [5, 5.41) is 15.4. The zero-order valence-electron chi connectivity index (χ0n) is 17.3. The van der Waals surface area contributed by atoms with E-state index in [1.165, 1.54) is 4.68 Å². The third-order valence-electron chi connectivity index (χ3n) is 4.96. The lowest BCUT2D eigenvalue weighted by molar-refractivity contribution is -0.115. The van der Waals surface area contributed by atoms with Gasteiger partial charge in [0.2, 0.25) is 11.9 Å². The maximum Gasteiger partial charge on any atom is 0.248 e. The van der Waals surface area contributed by atoms with Gasteiger partial charge in [-0.05, 0) is 64.0 Å². The molecule has 9 nitrogen and oxygen atoms in total. The Balaban J connectivity index is 1.76. The zero-order chi connectivity index (χ0) is 22.8. The minimum absolute atomic E-state index is 0.258. The van der Waals surface area contributed by atoms with Gasteiger partial charge >= 0.3 is 0 Å². The number of carbonyl (C=O) groups is 1. The van der Waals surface area contributed by atoms with Crippen molar-refractivity contribution in [1.82, 2.24) is 20.2 Å². The number of halogens is 2. The van der Waals surface area contributed by atoms with E-state index >= 15 is 0 Å². The molecule has 1 amide bonds. The molecule has 2 heterocycles. The smallest absolute Gasteiger partial charge is 0.248 e. The molecule has 0 saturated carbocycles. The van der Waals surface area contributed by atoms with E-state index in [9.17, 15) is 4.79 Å². The molecule has 1 atom stereocenters. The molecule has 4 rings (SSSR count). The summed E-state index contributed by atoms with van der Waals surface area (Å²) in [5.74, 6) is 0.848. The largest absolute Gasteiger partial charge is 0.490 e. The van der Waals surface area contributed by atoms with Crippen LogP contribution in [0.5, 0.6) is 11.5 Å². The van der Waals surface area contributed by atoms with Gasteiger partial charge in [-0.15, -0.1) is 0 Å². The van der Waals surface area contributed by atoms with Crippen LogP contribution in [0.25, 0.3) is 0 Å². The third-order valence-corrected chi connectivity index (χ3v) is 5.91. The standard InChI is InChI=1S/C21H20BrClN6O3/c1-3-31-16-9-13(8-14(22)19(16)32-10-12-6-4-5-7-15(12)23)18-17(20(24)30)11(2)25-21-26-27-28-29(18)21/h4-9,18H,3,10H2,1-2H3,(H2,24,30)(H,25,26,28)/t18-/m0/s1. The number of benzene rings is 2. The van der Waals surface area contributed by atoms with Crippen molar-refractivity contribution in [2.24, 2.45) is 5.73 Å². The Kier molecular flexibility index (Phi) is 6.33. The number of primary amides is 1. The second-order valence-electron chi connectivity index (χ2n) is 7.02. The summed E-state index contributed by atoms with van der Waals surface area (Å²) in [7, 11) is 0. The summed E-state index contributed by atoms with van der Waals surface area (Å²) >= 11 is 9.84. The van der Waals surface area contributed by atoms with Crippen LogP contribution in [-0.2, 0) is 11.4 Å². The van der Waals surface area contributed by atoms with Gasteiger partial charge in [0, 0.05) is 16.3 Å². The number of tetrazole rings is 1. The molecule has 0 saturated heterocycles. The van der Waals surface area contributed by atoms with E-state index in [1.807, 2.05) is 37.3 Å². The average Bonchev–Trinajstić information content (AvgIpc) is 3.21. The first-order chi connectivity index (χ1) is 15.4. The number of carbonyl (C=O) groups excluding carboxylic acids is 1. The highest BCUT2D eigenvalue weighted by Crippen LogP contribution is 2.42. The van der Waals surface area contributed by atoms with Gasteiger partial charge in [0.05, 0.1) is 16.7 Å². The number of nitrogens with zero attached hydrogens (tertiary/aromatic N) is 4. The number of rotatable bonds is 7. The third kappa shape index (κ3) is 4.15. The number of nitrogens with two attached hydrogens (primary N) is 1. The van der Waals surface area contributed by atoms with E-state index in [0.717, 1.165) is 5.56 Å². The average molecular weight is 520 g/mol. The number of hydrogen-bond acceptors (Lipinski definition) is 7. The highest BCUT2D eigenvalue weighted by atomic mass is 79.9. The lowest BCUT2D eigenvalue weighted by Gasteiger charge is -2.27. The van der Waals surface area contributed by atoms with Crippen LogP contribution in [0.2, 0.25) is 5.02 Å². The lowest BCUT2D eigenvalue weighted by Crippen LogP contribution is -2.32. The molecular formula is C21H20BrClN6O3. The number of amides is 1. The highest BCUT2D eigenvalue weighted by molar-refractivity contribution is 9.10. The minimum Gasteiger partial charge on any atom is -0.490 e. The topological polar surface area (TPSA) is 117 Å². The van der Waals surface area contributed by atoms with Gasteiger partial charge in [-0.1, -0.05) is 34.9 Å². The van der Waals surface area contributed by atoms with Crippen LogP contribution in [0.4, 0.5) is 5.95 Å². The molecule has 11 heteroatoms. The van der Waals surface area contributed by atoms with Crippen molar-refractivity contribution in [3.8, 4) is 11.5 Å². The van der Waals surface area contributed by atoms with Crippen molar-refractivity contribution in [2.75, 3.05) is 11.9 Å². The van der Waals surface area contributed by atoms with E-state index in [4.69, 9.17) is 26.8 Å². The van der Waals surface area contributed by atoms with Crippen LogP contribution in [0, 0.1) is 0 Å². The normalized spacial score (nSPS) is 15.2. The molecule has 0 fully saturated rings. The summed E-state index contributed by atoms with van der Waals surface area (Å²) in [6.45, 7) is 4.30. The van der Waals surface area contributed by atoms with Gasteiger partial charge in [-0.25, -0.2) is 0 Å². The van der Waals surface area contributed by atoms with Gasteiger partial charge in [-0.2, -0.15) is 4.68 Å². The van der Waals surface area contributed by atoms with Gasteiger partial charge < -0.3 is 20.5 Å². The maximum atomic E-state index is 12.3. The molecule has 1 aromatic heterocycles. The van der Waals surface area contributed by atoms with Crippen LogP contribution in [0.15, 0.2) is 52.1 Å². The van der Waals surface area contributed by atoms with Crippen LogP contribution in [-0.4, -0.2) is 32.7 Å². The summed E-state index contributed by atoms with van der Waals surface area (Å²) in [5.41, 5.74) is 8.18. The monoisotopic (exact) mass is 518 g/mol. The van der Waals surface area contributed by atoms with Crippen molar-refractivity contribution < 1.29 is 14.3 Å². The number of nitrogens with one attached hydrogen (secondary N) is 1. The molecule has 0 spiro atoms. The number of fused-ring (bicyclic) bond motifs is 1. The van der Waals surface area contributed by atoms with E-state index in [-0.39, 0.29) is 6.61 Å². The van der Waals surface area contributed by atoms with Crippen LogP contribution in [0.3, 0.4) is 0 Å². The van der Waals surface area contributed by atoms with Crippen LogP contribution in [0.1, 0.15) is 31.0 Å². The lowest BCUT2D eigenvalue weighted by atomic mass is 9.95. The first-order valence-electron chi connectivity index (χ1n) is 9.78. The van der Waals surface area contributed by atoms with Crippen molar-refractivity contribution in [1.29, 1.82) is 0 Å². The fourth-order valence-electron chi connectivity index (χ4n) is 3.55. The SMILES string of the molecule is CCOc1cc([C@H]2C(C(N)=O)=C(C)Nc3nnnn32)cc(Br)c1OCc1ccccc1Cl. The van der Waals surface area contributed by atoms with Crippen LogP contribution < -0.4 is 20.5 Å². The number of ether oxygens (including phenoxy) is 2. The molecule has 3 aromatic rings. The molecule has 1 aliphatic heterocycles. The Labute approximate surface area is 197 Å². The molecule has 1 aliphatic rings. The summed E-state index contributed by atoms with van der Waals surface area (Å²) in [6, 6.07) is 10.5. The molecule has 0 radical (unpaired) electrons. The van der Waals surface area contributed by atoms with Crippen molar-refractivity contribution in [3.05, 3.63) is 68.3 Å². The summed E-state index contributed by atoms with van der Waals surface area (Å²) in [6.07, 6.45) is 0. The predicted octanol–water partition coefficient (Wildman–Crippen LogP) is 3.84. The second-order valence-corrected chi connectivity index (χ2v) is 8.28. The quantitative estimate of drug-likeness (QED) is 0.487. The number of allylic oxidation sites excluding steroid dienone is 1. The first kappa shape index (κ1) is 22.1. The fourth-order valence-corrected chi connectivity index (χ4v) is 4.32. The predicted molar refractivity (Wildman–Crippen MR) is 123 cm³/mol. The summed E-state index contributed by atoms with van der Waals surface area (Å²) in [4.78, 5) is 12.3. The molecular weight excluding hydrogens is 500 g/mol. The van der Waals surface area contributed by atoms with Crippen molar-refractivity contribution >= 4 is 39.4 Å². The van der Waals surface area contributed by atoms with E-state index in [1.54, 1.807) is 13.0 Å². The Morgan fingerprint density at radius 2 is 2.09 bits per heavy atom. The Morgan fingerprint density at radius 1 is 1.31 bits per heavy atom. The Bertz CT molecular complexity index is 1210. The molecule has 166 valence electrons. The van der Waals surface area contributed by atoms with Crippen molar-refractivity contribution in [2.45, 2.75) is 26.5 Å². The molecule has 3 N–H and O–H groups in total. The van der Waals surface area contributed by atoms with Crippen LogP contribution >= 0.6 is 27.5 Å². The maximum absolute atomic E-state index is 12.3. The minimum atomic E-state index is -0.633. The molecule has 0 unspecified atom stereocenters. The number of aromatic nitrogens is 4. The van der Waals surface area contributed by atoms with Gasteiger partial charge in [0.15, 0.2) is 11.5 Å². The highest BCUT2D eigenvalue weighted by Gasteiger charge is 2.34. The van der Waals surface area contributed by atoms with E-state index in [2.05, 4.69) is 36.8 Å². The second kappa shape index (κ2) is 9.17. The Hall–Kier alpha value is -3.11.